The summed E-state index contributed by atoms with van der Waals surface area (Å²) in [5.41, 5.74) is 1.10. The number of thioether (sulfide) groups is 1. The molecule has 4 bridgehead atoms. The molecular weight excluding hydrogens is 491 g/mol. The molecule has 6 nitrogen and oxygen atoms in total. The van der Waals surface area contributed by atoms with E-state index in [0.29, 0.717) is 11.3 Å². The molecule has 1 saturated heterocycles. The molecule has 1 N–H and O–H groups in total. The number of halogens is 3. The smallest absolute Gasteiger partial charge is 0.278 e. The van der Waals surface area contributed by atoms with Crippen molar-refractivity contribution >= 4 is 17.7 Å². The third kappa shape index (κ3) is 2.81. The predicted octanol–water partition coefficient (Wildman–Crippen LogP) is 4.32. The number of piperidine rings is 1. The summed E-state index contributed by atoms with van der Waals surface area (Å²) >= 11 is 1.45. The quantitative estimate of drug-likeness (QED) is 0.487. The van der Waals surface area contributed by atoms with Gasteiger partial charge in [0.1, 0.15) is 12.0 Å². The van der Waals surface area contributed by atoms with Gasteiger partial charge in [-0.1, -0.05) is 12.1 Å². The molecular formula is C26H20F3N3O3S. The number of aromatic hydroxyl groups is 1. The Labute approximate surface area is 207 Å². The van der Waals surface area contributed by atoms with Gasteiger partial charge < -0.3 is 10.0 Å². The van der Waals surface area contributed by atoms with Gasteiger partial charge in [0.25, 0.3) is 11.8 Å². The summed E-state index contributed by atoms with van der Waals surface area (Å²) in [5, 5.41) is 12.5. The molecule has 184 valence electrons. The molecule has 5 heterocycles. The van der Waals surface area contributed by atoms with Crippen molar-refractivity contribution in [3.05, 3.63) is 92.6 Å². The van der Waals surface area contributed by atoms with Crippen molar-refractivity contribution in [2.75, 3.05) is 11.6 Å². The van der Waals surface area contributed by atoms with E-state index in [9.17, 15) is 19.1 Å². The molecule has 3 aromatic rings. The second kappa shape index (κ2) is 7.32. The molecule has 10 heteroatoms. The van der Waals surface area contributed by atoms with Gasteiger partial charge in [-0.2, -0.15) is 0 Å². The lowest BCUT2D eigenvalue weighted by Crippen LogP contribution is -2.65. The summed E-state index contributed by atoms with van der Waals surface area (Å²) in [4.78, 5) is 28.1. The molecule has 1 amide bonds. The number of aromatic nitrogens is 1. The monoisotopic (exact) mass is 511 g/mol. The van der Waals surface area contributed by atoms with Gasteiger partial charge in [0.05, 0.1) is 6.04 Å². The van der Waals surface area contributed by atoms with Crippen molar-refractivity contribution in [3.63, 3.8) is 0 Å². The van der Waals surface area contributed by atoms with Gasteiger partial charge in [0.2, 0.25) is 5.43 Å². The number of carbonyl (C=O) groups is 1. The molecule has 4 aliphatic heterocycles. The predicted molar refractivity (Wildman–Crippen MR) is 126 cm³/mol. The minimum Gasteiger partial charge on any atom is -0.502 e. The Morgan fingerprint density at radius 3 is 2.72 bits per heavy atom. The fourth-order valence-corrected chi connectivity index (χ4v) is 7.22. The van der Waals surface area contributed by atoms with Crippen molar-refractivity contribution in [3.8, 4) is 5.75 Å². The van der Waals surface area contributed by atoms with Crippen LogP contribution in [0.3, 0.4) is 0 Å². The Kier molecular flexibility index (Phi) is 4.44. The molecule has 0 aliphatic carbocycles. The largest absolute Gasteiger partial charge is 0.502 e. The Morgan fingerprint density at radius 2 is 1.89 bits per heavy atom. The van der Waals surface area contributed by atoms with Crippen LogP contribution in [-0.2, 0) is 11.7 Å². The standard InChI is InChI=1S/C26H20F3N3O3S/c27-16-2-3-17-13(9-16)12-36-20-4-1-14-10-18(20)22(17)32-21-11-15(26(14,28)29)5-7-30(21)25(35)23-24(34)19(33)6-8-31(23)32/h1-4,6,8-10,15,21-22,34H,5,7,11-12H2/t15-,21-,22+/m1/s1. The summed E-state index contributed by atoms with van der Waals surface area (Å²) < 4.78 is 47.5. The van der Waals surface area contributed by atoms with E-state index < -0.39 is 47.0 Å². The highest BCUT2D eigenvalue weighted by Gasteiger charge is 2.53. The second-order valence-corrected chi connectivity index (χ2v) is 10.7. The average molecular weight is 512 g/mol. The van der Waals surface area contributed by atoms with Crippen molar-refractivity contribution < 1.29 is 23.1 Å². The number of alkyl halides is 2. The maximum absolute atomic E-state index is 15.9. The van der Waals surface area contributed by atoms with Crippen LogP contribution in [0.1, 0.15) is 51.6 Å². The Morgan fingerprint density at radius 1 is 1.06 bits per heavy atom. The zero-order valence-electron chi connectivity index (χ0n) is 18.8. The molecule has 2 aromatic carbocycles. The van der Waals surface area contributed by atoms with Gasteiger partial charge in [-0.25, -0.2) is 13.2 Å². The Bertz CT molecular complexity index is 1520. The molecule has 7 rings (SSSR count). The number of rotatable bonds is 0. The maximum Gasteiger partial charge on any atom is 0.278 e. The van der Waals surface area contributed by atoms with E-state index in [-0.39, 0.29) is 30.6 Å². The number of pyridine rings is 1. The number of carbonyl (C=O) groups excluding carboxylic acids is 1. The number of fused-ring (bicyclic) bond motifs is 7. The first-order chi connectivity index (χ1) is 17.3. The van der Waals surface area contributed by atoms with Gasteiger partial charge >= 0.3 is 0 Å². The fourth-order valence-electron chi connectivity index (χ4n) is 6.16. The first-order valence-electron chi connectivity index (χ1n) is 11.7. The van der Waals surface area contributed by atoms with E-state index in [1.807, 2.05) is 5.01 Å². The van der Waals surface area contributed by atoms with Crippen LogP contribution < -0.4 is 10.4 Å². The zero-order chi connectivity index (χ0) is 24.9. The van der Waals surface area contributed by atoms with E-state index in [0.717, 1.165) is 22.1 Å². The zero-order valence-corrected chi connectivity index (χ0v) is 19.6. The van der Waals surface area contributed by atoms with Crippen LogP contribution >= 0.6 is 11.8 Å². The average Bonchev–Trinajstić information content (AvgIpc) is 3.01. The van der Waals surface area contributed by atoms with Crippen LogP contribution in [0.4, 0.5) is 13.2 Å². The minimum atomic E-state index is -3.11. The van der Waals surface area contributed by atoms with E-state index in [2.05, 4.69) is 0 Å². The lowest BCUT2D eigenvalue weighted by Gasteiger charge is -2.53. The third-order valence-electron chi connectivity index (χ3n) is 7.89. The van der Waals surface area contributed by atoms with Crippen LogP contribution in [0.5, 0.6) is 5.75 Å². The summed E-state index contributed by atoms with van der Waals surface area (Å²) in [7, 11) is 0. The molecule has 0 spiro atoms. The molecule has 4 aliphatic rings. The van der Waals surface area contributed by atoms with Crippen LogP contribution in [0.25, 0.3) is 0 Å². The number of nitrogens with zero attached hydrogens (tertiary/aromatic N) is 3. The Balaban J connectivity index is 1.60. The molecule has 3 atom stereocenters. The minimum absolute atomic E-state index is 0.000960. The van der Waals surface area contributed by atoms with E-state index >= 15 is 8.78 Å². The first kappa shape index (κ1) is 21.8. The van der Waals surface area contributed by atoms with Crippen molar-refractivity contribution in [2.45, 2.75) is 41.6 Å². The number of hydrogen-bond acceptors (Lipinski definition) is 5. The summed E-state index contributed by atoms with van der Waals surface area (Å²) in [6.07, 6.45) is 0.736. The highest BCUT2D eigenvalue weighted by atomic mass is 32.2. The highest BCUT2D eigenvalue weighted by Crippen LogP contribution is 2.51. The lowest BCUT2D eigenvalue weighted by molar-refractivity contribution is -0.0947. The molecule has 0 saturated carbocycles. The van der Waals surface area contributed by atoms with E-state index in [1.54, 1.807) is 12.1 Å². The SMILES string of the molecule is O=C1c2c(O)c(=O)ccn2N2[C@H]3c4ccc(F)cc4CSc4ccc(cc43)C(F)(F)[C@@H]3CCN1[C@H]2C3. The van der Waals surface area contributed by atoms with Gasteiger partial charge in [-0.3, -0.25) is 19.3 Å². The molecule has 0 unspecified atom stereocenters. The van der Waals surface area contributed by atoms with Gasteiger partial charge in [0.15, 0.2) is 11.4 Å². The van der Waals surface area contributed by atoms with E-state index in [4.69, 9.17) is 0 Å². The lowest BCUT2D eigenvalue weighted by atomic mass is 9.84. The fraction of sp³-hybridized carbons (Fsp3) is 0.308. The number of amides is 1. The third-order valence-corrected chi connectivity index (χ3v) is 9.03. The normalized spacial score (nSPS) is 25.2. The second-order valence-electron chi connectivity index (χ2n) is 9.71. The van der Waals surface area contributed by atoms with Crippen molar-refractivity contribution in [2.24, 2.45) is 5.92 Å². The molecule has 36 heavy (non-hydrogen) atoms. The van der Waals surface area contributed by atoms with Crippen LogP contribution in [0.2, 0.25) is 0 Å². The summed E-state index contributed by atoms with van der Waals surface area (Å²) in [5.74, 6) is -5.32. The number of hydrogen-bond donors (Lipinski definition) is 1. The van der Waals surface area contributed by atoms with Crippen molar-refractivity contribution in [1.82, 2.24) is 9.58 Å². The van der Waals surface area contributed by atoms with Gasteiger partial charge in [-0.15, -0.1) is 11.8 Å². The first-order valence-corrected chi connectivity index (χ1v) is 12.7. The van der Waals surface area contributed by atoms with Crippen LogP contribution in [0.15, 0.2) is 58.4 Å². The van der Waals surface area contributed by atoms with Gasteiger partial charge in [0, 0.05) is 40.9 Å². The summed E-state index contributed by atoms with van der Waals surface area (Å²) in [6, 6.07) is 9.67. The van der Waals surface area contributed by atoms with Crippen LogP contribution in [0, 0.1) is 11.7 Å². The van der Waals surface area contributed by atoms with Crippen LogP contribution in [-0.4, -0.2) is 33.3 Å². The molecule has 1 aromatic heterocycles. The van der Waals surface area contributed by atoms with Gasteiger partial charge in [-0.05, 0) is 53.8 Å². The van der Waals surface area contributed by atoms with E-state index in [1.165, 1.54) is 51.8 Å². The molecule has 0 radical (unpaired) electrons. The number of benzene rings is 2. The topological polar surface area (TPSA) is 65.8 Å². The maximum atomic E-state index is 15.9. The Hall–Kier alpha value is -3.40. The highest BCUT2D eigenvalue weighted by molar-refractivity contribution is 7.98. The molecule has 1 fully saturated rings. The summed E-state index contributed by atoms with van der Waals surface area (Å²) in [6.45, 7) is 0.0590. The van der Waals surface area contributed by atoms with Crippen molar-refractivity contribution in [1.29, 1.82) is 0 Å².